The fourth-order valence-corrected chi connectivity index (χ4v) is 6.20. The first kappa shape index (κ1) is 37.1. The Balaban J connectivity index is 0.000000146. The number of para-hydroxylation sites is 3. The minimum atomic E-state index is 0. The molecular weight excluding hydrogens is 595 g/mol. The number of hydrogen-bond donors (Lipinski definition) is 3. The van der Waals surface area contributed by atoms with Gasteiger partial charge in [-0.15, -0.1) is 0 Å². The van der Waals surface area contributed by atoms with Crippen molar-refractivity contribution in [3.05, 3.63) is 149 Å². The number of aromatic nitrogens is 3. The fraction of sp³-hybridized carbons (Fsp3) is 0.304. The van der Waals surface area contributed by atoms with E-state index in [0.29, 0.717) is 23.7 Å². The van der Waals surface area contributed by atoms with E-state index in [-0.39, 0.29) is 7.43 Å². The van der Waals surface area contributed by atoms with E-state index in [1.54, 1.807) is 0 Å². The Hall–Kier alpha value is -4.76. The van der Waals surface area contributed by atoms with E-state index in [1.807, 2.05) is 6.20 Å². The molecule has 3 heteroatoms. The monoisotopic (exact) mass is 651 g/mol. The van der Waals surface area contributed by atoms with E-state index >= 15 is 0 Å². The first-order chi connectivity index (χ1) is 23.1. The van der Waals surface area contributed by atoms with Gasteiger partial charge in [0.1, 0.15) is 0 Å². The second-order valence-corrected chi connectivity index (χ2v) is 14.1. The predicted molar refractivity (Wildman–Crippen MR) is 217 cm³/mol. The van der Waals surface area contributed by atoms with E-state index in [4.69, 9.17) is 0 Å². The largest absolute Gasteiger partial charge is 0.361 e. The lowest BCUT2D eigenvalue weighted by Crippen LogP contribution is -1.89. The van der Waals surface area contributed by atoms with Crippen LogP contribution < -0.4 is 0 Å². The summed E-state index contributed by atoms with van der Waals surface area (Å²) in [6.07, 6.45) is 9.68. The van der Waals surface area contributed by atoms with E-state index in [2.05, 4.69) is 186 Å². The zero-order valence-corrected chi connectivity index (χ0v) is 30.1. The van der Waals surface area contributed by atoms with Gasteiger partial charge in [-0.25, -0.2) is 0 Å². The van der Waals surface area contributed by atoms with E-state index in [9.17, 15) is 0 Å². The molecule has 0 aliphatic heterocycles. The van der Waals surface area contributed by atoms with E-state index in [1.165, 1.54) is 66.2 Å². The van der Waals surface area contributed by atoms with Gasteiger partial charge in [-0.05, 0) is 92.9 Å². The molecule has 0 saturated carbocycles. The number of allylic oxidation sites excluding steroid dienone is 1. The highest BCUT2D eigenvalue weighted by Gasteiger charge is 2.08. The van der Waals surface area contributed by atoms with Crippen LogP contribution in [0, 0.1) is 0 Å². The van der Waals surface area contributed by atoms with Gasteiger partial charge in [0, 0.05) is 40.0 Å². The maximum atomic E-state index is 3.40. The van der Waals surface area contributed by atoms with Gasteiger partial charge in [-0.1, -0.05) is 148 Å². The summed E-state index contributed by atoms with van der Waals surface area (Å²) in [5, 5.41) is 3.97. The molecule has 1 aliphatic carbocycles. The fourth-order valence-electron chi connectivity index (χ4n) is 6.20. The zero-order chi connectivity index (χ0) is 34.2. The van der Waals surface area contributed by atoms with Gasteiger partial charge in [0.25, 0.3) is 0 Å². The van der Waals surface area contributed by atoms with Crippen molar-refractivity contribution >= 4 is 38.8 Å². The quantitative estimate of drug-likeness (QED) is 0.170. The van der Waals surface area contributed by atoms with Gasteiger partial charge in [0.15, 0.2) is 0 Å². The maximum Gasteiger partial charge on any atom is 0.0489 e. The van der Waals surface area contributed by atoms with Crippen molar-refractivity contribution in [3.63, 3.8) is 0 Å². The number of benzene rings is 4. The molecule has 0 saturated heterocycles. The highest BCUT2D eigenvalue weighted by atomic mass is 14.7. The summed E-state index contributed by atoms with van der Waals surface area (Å²) >= 11 is 0. The molecule has 3 aromatic heterocycles. The second-order valence-electron chi connectivity index (χ2n) is 14.1. The van der Waals surface area contributed by atoms with Crippen LogP contribution in [0.2, 0.25) is 0 Å². The number of H-pyrrole nitrogens is 3. The van der Waals surface area contributed by atoms with Crippen LogP contribution in [-0.2, 0) is 6.42 Å². The van der Waals surface area contributed by atoms with E-state index < -0.39 is 0 Å². The van der Waals surface area contributed by atoms with Crippen LogP contribution in [0.1, 0.15) is 120 Å². The molecule has 0 bridgehead atoms. The van der Waals surface area contributed by atoms with Crippen LogP contribution >= 0.6 is 0 Å². The minimum Gasteiger partial charge on any atom is -0.361 e. The molecule has 0 radical (unpaired) electrons. The van der Waals surface area contributed by atoms with Crippen molar-refractivity contribution in [2.75, 3.05) is 0 Å². The van der Waals surface area contributed by atoms with Crippen molar-refractivity contribution in [2.45, 2.75) is 92.9 Å². The van der Waals surface area contributed by atoms with Gasteiger partial charge in [0.05, 0.1) is 0 Å². The smallest absolute Gasteiger partial charge is 0.0489 e. The molecule has 49 heavy (non-hydrogen) atoms. The Kier molecular flexibility index (Phi) is 12.9. The molecule has 0 spiro atoms. The molecule has 8 rings (SSSR count). The molecule has 3 heterocycles. The lowest BCUT2D eigenvalue weighted by atomic mass is 9.99. The molecule has 4 aromatic carbocycles. The standard InChI is InChI=1S/C12H14.3C11H13N.CH4/c1-9(2)11-7-6-10-4-3-5-12(10)8-11;1-8(2)10-5-3-4-9-6-7-12-11(9)10;1-8(2)10-7-12-11-6-4-3-5-9(10)11;1-8(2)11-7-9-5-3-4-6-10(9)12-11;/h3,5-9H,4H2,1-2H3;3*3-8,12H,1-2H3;1H4. The third kappa shape index (κ3) is 9.23. The number of aromatic amines is 3. The Morgan fingerprint density at radius 2 is 1.27 bits per heavy atom. The molecule has 0 unspecified atom stereocenters. The molecule has 0 atom stereocenters. The van der Waals surface area contributed by atoms with Gasteiger partial charge < -0.3 is 15.0 Å². The zero-order valence-electron chi connectivity index (χ0n) is 30.1. The number of nitrogens with one attached hydrogen (secondary N) is 3. The normalized spacial score (nSPS) is 11.7. The number of rotatable bonds is 4. The first-order valence-corrected chi connectivity index (χ1v) is 17.6. The summed E-state index contributed by atoms with van der Waals surface area (Å²) in [5.74, 6) is 2.41. The average molecular weight is 652 g/mol. The summed E-state index contributed by atoms with van der Waals surface area (Å²) < 4.78 is 0. The molecule has 0 amide bonds. The van der Waals surface area contributed by atoms with Gasteiger partial charge >= 0.3 is 0 Å². The van der Waals surface area contributed by atoms with E-state index in [0.717, 1.165) is 6.42 Å². The summed E-state index contributed by atoms with van der Waals surface area (Å²) in [5.41, 5.74) is 12.2. The number of hydrogen-bond acceptors (Lipinski definition) is 0. The lowest BCUT2D eigenvalue weighted by molar-refractivity contribution is 0.836. The van der Waals surface area contributed by atoms with Crippen molar-refractivity contribution in [3.8, 4) is 0 Å². The van der Waals surface area contributed by atoms with Crippen LogP contribution in [0.4, 0.5) is 0 Å². The highest BCUT2D eigenvalue weighted by molar-refractivity contribution is 5.84. The molecule has 3 nitrogen and oxygen atoms in total. The van der Waals surface area contributed by atoms with Crippen molar-refractivity contribution in [1.29, 1.82) is 0 Å². The summed E-state index contributed by atoms with van der Waals surface area (Å²) in [6.45, 7) is 17.7. The lowest BCUT2D eigenvalue weighted by Gasteiger charge is -2.07. The SMILES string of the molecule is C.CC(C)c1c[nH]c2ccccc12.CC(C)c1cc2ccccc2[nH]1.CC(C)c1ccc2c(c1)C=CC2.CC(C)c1cccc2cc[nH]c12. The van der Waals surface area contributed by atoms with Gasteiger partial charge in [-0.3, -0.25) is 0 Å². The Morgan fingerprint density at radius 3 is 1.96 bits per heavy atom. The Labute approximate surface area is 294 Å². The average Bonchev–Trinajstić information content (AvgIpc) is 3.90. The number of fused-ring (bicyclic) bond motifs is 4. The van der Waals surface area contributed by atoms with Crippen molar-refractivity contribution < 1.29 is 0 Å². The van der Waals surface area contributed by atoms with Crippen molar-refractivity contribution in [1.82, 2.24) is 15.0 Å². The molecule has 1 aliphatic rings. The summed E-state index contributed by atoms with van der Waals surface area (Å²) in [7, 11) is 0. The van der Waals surface area contributed by atoms with Crippen LogP contribution in [0.3, 0.4) is 0 Å². The van der Waals surface area contributed by atoms with Crippen LogP contribution in [0.15, 0.2) is 116 Å². The van der Waals surface area contributed by atoms with Crippen LogP contribution in [0.25, 0.3) is 38.8 Å². The van der Waals surface area contributed by atoms with Crippen LogP contribution in [-0.4, -0.2) is 15.0 Å². The third-order valence-corrected chi connectivity index (χ3v) is 9.13. The molecular formula is C46H57N3. The summed E-state index contributed by atoms with van der Waals surface area (Å²) in [6, 6.07) is 34.4. The maximum absolute atomic E-state index is 3.40. The molecule has 7 aromatic rings. The first-order valence-electron chi connectivity index (χ1n) is 17.6. The van der Waals surface area contributed by atoms with Crippen LogP contribution in [0.5, 0.6) is 0 Å². The van der Waals surface area contributed by atoms with Gasteiger partial charge in [0.2, 0.25) is 0 Å². The second kappa shape index (κ2) is 17.1. The highest BCUT2D eigenvalue weighted by Crippen LogP contribution is 2.26. The van der Waals surface area contributed by atoms with Crippen molar-refractivity contribution in [2.24, 2.45) is 0 Å². The third-order valence-electron chi connectivity index (χ3n) is 9.13. The molecule has 0 fully saturated rings. The Bertz CT molecular complexity index is 2030. The topological polar surface area (TPSA) is 47.4 Å². The molecule has 256 valence electrons. The minimum absolute atomic E-state index is 0. The Morgan fingerprint density at radius 1 is 0.571 bits per heavy atom. The predicted octanol–water partition coefficient (Wildman–Crippen LogP) is 13.9. The van der Waals surface area contributed by atoms with Gasteiger partial charge in [-0.2, -0.15) is 0 Å². The summed E-state index contributed by atoms with van der Waals surface area (Å²) in [4.78, 5) is 9.93. The molecule has 3 N–H and O–H groups in total.